The van der Waals surface area contributed by atoms with Gasteiger partial charge in [-0.05, 0) is 56.5 Å². The van der Waals surface area contributed by atoms with Gasteiger partial charge in [0.25, 0.3) is 0 Å². The van der Waals surface area contributed by atoms with Gasteiger partial charge >= 0.3 is 0 Å². The van der Waals surface area contributed by atoms with Gasteiger partial charge in [0.05, 0.1) is 16.1 Å². The fraction of sp³-hybridized carbons (Fsp3) is 0.368. The van der Waals surface area contributed by atoms with Crippen LogP contribution in [0.1, 0.15) is 37.1 Å². The average molecular weight is 390 g/mol. The molecule has 1 aromatic carbocycles. The van der Waals surface area contributed by atoms with Gasteiger partial charge in [0.1, 0.15) is 21.9 Å². The molecular weight excluding hydrogens is 370 g/mol. The van der Waals surface area contributed by atoms with E-state index in [-0.39, 0.29) is 0 Å². The lowest BCUT2D eigenvalue weighted by molar-refractivity contribution is 0.393. The van der Waals surface area contributed by atoms with E-state index in [1.54, 1.807) is 6.07 Å². The number of fused-ring (bicyclic) bond motifs is 1. The van der Waals surface area contributed by atoms with Crippen LogP contribution in [0, 0.1) is 13.8 Å². The van der Waals surface area contributed by atoms with Gasteiger partial charge in [-0.25, -0.2) is 13.9 Å². The van der Waals surface area contributed by atoms with E-state index in [4.69, 9.17) is 16.1 Å². The molecule has 1 fully saturated rings. The van der Waals surface area contributed by atoms with Crippen molar-refractivity contribution in [1.29, 1.82) is 0 Å². The number of hydrogen-bond donors (Lipinski definition) is 1. The highest BCUT2D eigenvalue weighted by atomic mass is 35.5. The largest absolute Gasteiger partial charge is 0.361 e. The Balaban J connectivity index is 1.85. The molecule has 2 aromatic heterocycles. The first-order chi connectivity index (χ1) is 12.5. The van der Waals surface area contributed by atoms with Gasteiger partial charge in [0.2, 0.25) is 0 Å². The molecule has 4 rings (SSSR count). The van der Waals surface area contributed by atoms with Gasteiger partial charge in [-0.15, -0.1) is 0 Å². The topological polar surface area (TPSA) is 68.0 Å². The number of halogens is 1. The summed E-state index contributed by atoms with van der Waals surface area (Å²) in [5.41, 5.74) is 3.31. The third-order valence-corrected chi connectivity index (χ3v) is 6.38. The number of rotatable bonds is 4. The van der Waals surface area contributed by atoms with Crippen LogP contribution in [0.15, 0.2) is 33.7 Å². The van der Waals surface area contributed by atoms with Crippen molar-refractivity contribution in [2.24, 2.45) is 0 Å². The zero-order chi connectivity index (χ0) is 18.3. The molecule has 0 aliphatic heterocycles. The van der Waals surface area contributed by atoms with Crippen LogP contribution in [0.2, 0.25) is 5.15 Å². The number of aryl methyl sites for hydroxylation is 2. The third kappa shape index (κ3) is 3.29. The van der Waals surface area contributed by atoms with Crippen LogP contribution in [-0.4, -0.2) is 20.4 Å². The van der Waals surface area contributed by atoms with E-state index < -0.39 is 11.0 Å². The minimum Gasteiger partial charge on any atom is -0.361 e. The Morgan fingerprint density at radius 2 is 2.00 bits per heavy atom. The molecule has 0 saturated heterocycles. The highest BCUT2D eigenvalue weighted by Crippen LogP contribution is 2.33. The van der Waals surface area contributed by atoms with E-state index >= 15 is 0 Å². The van der Waals surface area contributed by atoms with E-state index in [0.29, 0.717) is 21.6 Å². The van der Waals surface area contributed by atoms with Crippen molar-refractivity contribution in [3.63, 3.8) is 0 Å². The van der Waals surface area contributed by atoms with Crippen molar-refractivity contribution < 1.29 is 8.73 Å². The average Bonchev–Trinajstić information content (AvgIpc) is 3.23. The Kier molecular flexibility index (Phi) is 4.82. The Bertz CT molecular complexity index is 976. The standard InChI is InChI=1S/C19H20ClN3O2S/c1-11-19(12(2)25-22-11)13-9-16-15(7-8-18(20)21-16)17(10-13)26(24)23-14-5-3-4-6-14/h7-10,14,23H,3-6H2,1-2H3. The summed E-state index contributed by atoms with van der Waals surface area (Å²) in [6.45, 7) is 3.77. The Morgan fingerprint density at radius 1 is 1.23 bits per heavy atom. The quantitative estimate of drug-likeness (QED) is 0.656. The summed E-state index contributed by atoms with van der Waals surface area (Å²) in [6.07, 6.45) is 4.51. The summed E-state index contributed by atoms with van der Waals surface area (Å²) in [5.74, 6) is 0.726. The molecule has 2 heterocycles. The van der Waals surface area contributed by atoms with Gasteiger partial charge < -0.3 is 4.52 Å². The highest BCUT2D eigenvalue weighted by Gasteiger charge is 2.21. The van der Waals surface area contributed by atoms with Gasteiger partial charge in [-0.3, -0.25) is 0 Å². The second-order valence-corrected chi connectivity index (χ2v) is 8.34. The lowest BCUT2D eigenvalue weighted by atomic mass is 10.0. The van der Waals surface area contributed by atoms with Crippen molar-refractivity contribution in [2.45, 2.75) is 50.5 Å². The maximum absolute atomic E-state index is 13.1. The Hall–Kier alpha value is -1.76. The molecule has 1 atom stereocenters. The van der Waals surface area contributed by atoms with Crippen LogP contribution in [-0.2, 0) is 11.0 Å². The molecule has 136 valence electrons. The van der Waals surface area contributed by atoms with Crippen LogP contribution >= 0.6 is 11.6 Å². The van der Waals surface area contributed by atoms with Crippen molar-refractivity contribution >= 4 is 33.5 Å². The molecule has 1 aliphatic rings. The molecule has 3 aromatic rings. The Morgan fingerprint density at radius 3 is 2.69 bits per heavy atom. The zero-order valence-corrected chi connectivity index (χ0v) is 16.3. The van der Waals surface area contributed by atoms with Crippen molar-refractivity contribution in [1.82, 2.24) is 14.9 Å². The summed E-state index contributed by atoms with van der Waals surface area (Å²) in [7, 11) is -1.32. The minimum atomic E-state index is -1.32. The maximum Gasteiger partial charge on any atom is 0.141 e. The summed E-state index contributed by atoms with van der Waals surface area (Å²) in [4.78, 5) is 5.15. The van der Waals surface area contributed by atoms with Crippen molar-refractivity contribution in [2.75, 3.05) is 0 Å². The molecule has 0 bridgehead atoms. The van der Waals surface area contributed by atoms with E-state index in [1.807, 2.05) is 32.0 Å². The maximum atomic E-state index is 13.1. The smallest absolute Gasteiger partial charge is 0.141 e. The first-order valence-electron chi connectivity index (χ1n) is 8.74. The van der Waals surface area contributed by atoms with Crippen LogP contribution in [0.3, 0.4) is 0 Å². The molecule has 0 amide bonds. The number of hydrogen-bond acceptors (Lipinski definition) is 4. The Labute approximate surface area is 159 Å². The fourth-order valence-electron chi connectivity index (χ4n) is 3.63. The number of nitrogens with zero attached hydrogens (tertiary/aromatic N) is 2. The van der Waals surface area contributed by atoms with E-state index in [1.165, 1.54) is 12.8 Å². The van der Waals surface area contributed by atoms with Gasteiger partial charge in [0, 0.05) is 17.0 Å². The number of nitrogens with one attached hydrogen (secondary N) is 1. The van der Waals surface area contributed by atoms with E-state index in [0.717, 1.165) is 40.8 Å². The lowest BCUT2D eigenvalue weighted by Gasteiger charge is -2.14. The number of pyridine rings is 1. The number of aromatic nitrogens is 2. The van der Waals surface area contributed by atoms with Crippen molar-refractivity contribution in [3.05, 3.63) is 40.9 Å². The summed E-state index contributed by atoms with van der Waals surface area (Å²) >= 11 is 6.09. The predicted octanol–water partition coefficient (Wildman–Crippen LogP) is 4.71. The normalized spacial score (nSPS) is 16.4. The van der Waals surface area contributed by atoms with Crippen LogP contribution < -0.4 is 4.72 Å². The van der Waals surface area contributed by atoms with E-state index in [2.05, 4.69) is 14.9 Å². The third-order valence-electron chi connectivity index (χ3n) is 4.89. The molecule has 1 unspecified atom stereocenters. The molecule has 0 radical (unpaired) electrons. The summed E-state index contributed by atoms with van der Waals surface area (Å²) < 4.78 is 21.7. The number of benzene rings is 1. The monoisotopic (exact) mass is 389 g/mol. The molecule has 1 saturated carbocycles. The van der Waals surface area contributed by atoms with Gasteiger partial charge in [0.15, 0.2) is 0 Å². The molecule has 1 aliphatic carbocycles. The van der Waals surface area contributed by atoms with Gasteiger partial charge in [-0.1, -0.05) is 29.6 Å². The second-order valence-electron chi connectivity index (χ2n) is 6.74. The summed E-state index contributed by atoms with van der Waals surface area (Å²) in [5, 5.41) is 5.29. The van der Waals surface area contributed by atoms with Crippen LogP contribution in [0.5, 0.6) is 0 Å². The summed E-state index contributed by atoms with van der Waals surface area (Å²) in [6, 6.07) is 7.81. The zero-order valence-electron chi connectivity index (χ0n) is 14.7. The molecule has 1 N–H and O–H groups in total. The predicted molar refractivity (Wildman–Crippen MR) is 104 cm³/mol. The fourth-order valence-corrected chi connectivity index (χ4v) is 5.05. The van der Waals surface area contributed by atoms with Crippen LogP contribution in [0.25, 0.3) is 22.0 Å². The molecule has 5 nitrogen and oxygen atoms in total. The first-order valence-corrected chi connectivity index (χ1v) is 10.3. The molecule has 7 heteroatoms. The van der Waals surface area contributed by atoms with Crippen LogP contribution in [0.4, 0.5) is 0 Å². The molecule has 26 heavy (non-hydrogen) atoms. The van der Waals surface area contributed by atoms with E-state index in [9.17, 15) is 4.21 Å². The second kappa shape index (κ2) is 7.10. The minimum absolute atomic E-state index is 0.300. The lowest BCUT2D eigenvalue weighted by Crippen LogP contribution is -2.28. The SMILES string of the molecule is Cc1noc(C)c1-c1cc(S(=O)NC2CCCC2)c2ccc(Cl)nc2c1. The van der Waals surface area contributed by atoms with Gasteiger partial charge in [-0.2, -0.15) is 0 Å². The van der Waals surface area contributed by atoms with Crippen molar-refractivity contribution in [3.8, 4) is 11.1 Å². The molecular formula is C19H20ClN3O2S. The molecule has 0 spiro atoms. The highest BCUT2D eigenvalue weighted by molar-refractivity contribution is 7.83. The first kappa shape index (κ1) is 17.6.